The van der Waals surface area contributed by atoms with Crippen molar-refractivity contribution in [3.63, 3.8) is 0 Å². The van der Waals surface area contributed by atoms with Crippen molar-refractivity contribution in [2.24, 2.45) is 5.92 Å². The van der Waals surface area contributed by atoms with E-state index in [1.54, 1.807) is 23.8 Å². The van der Waals surface area contributed by atoms with Crippen molar-refractivity contribution in [1.82, 2.24) is 25.6 Å². The lowest BCUT2D eigenvalue weighted by Crippen LogP contribution is -2.65. The van der Waals surface area contributed by atoms with E-state index >= 15 is 0 Å². The number of allylic oxidation sites excluding steroid dienone is 1. The number of nitrogens with zero attached hydrogens (tertiary/aromatic N) is 2. The number of nitrogens with one attached hydrogen (secondary N) is 3. The summed E-state index contributed by atoms with van der Waals surface area (Å²) in [7, 11) is 3.22. The van der Waals surface area contributed by atoms with Crippen molar-refractivity contribution < 1.29 is 24.0 Å². The summed E-state index contributed by atoms with van der Waals surface area (Å²) in [4.78, 5) is 49.6. The highest BCUT2D eigenvalue weighted by atomic mass is 16.6. The summed E-state index contributed by atoms with van der Waals surface area (Å²) in [6.45, 7) is 10.8. The molecule has 2 aliphatic rings. The highest BCUT2D eigenvalue weighted by Gasteiger charge is 2.41. The average Bonchev–Trinajstić information content (AvgIpc) is 3.43. The lowest BCUT2D eigenvalue weighted by atomic mass is 9.93. The largest absolute Gasteiger partial charge is 0.417 e. The standard InChI is InChI=1S/C36H55N5O5/c1-7-24(3)16-10-9-11-18-28-33(42)38-29(22-26-23-41(46-6)30-19-13-12-17-27(26)30)35(45-5)39-32(25(4)8-2)36(44)40-21-15-14-20-31(40)34(43)37-28/h12-13,17,19,23,25,28-29,31-32,35,39H,3,7-11,14-16,18,20-22H2,1-2,4-6H3,(H,37,43)(H,38,42)/t25?,28-,29-,31+,32-,35?/m0/s1. The van der Waals surface area contributed by atoms with E-state index < -0.39 is 30.4 Å². The Morgan fingerprint density at radius 2 is 1.83 bits per heavy atom. The monoisotopic (exact) mass is 637 g/mol. The van der Waals surface area contributed by atoms with Crippen molar-refractivity contribution in [2.75, 3.05) is 20.8 Å². The van der Waals surface area contributed by atoms with Crippen molar-refractivity contribution in [3.8, 4) is 0 Å². The Kier molecular flexibility index (Phi) is 13.1. The number of amides is 3. The van der Waals surface area contributed by atoms with Crippen LogP contribution in [0.1, 0.15) is 90.5 Å². The number of para-hydroxylation sites is 1. The van der Waals surface area contributed by atoms with Crippen LogP contribution in [0.2, 0.25) is 0 Å². The fraction of sp³-hybridized carbons (Fsp3) is 0.639. The molecule has 0 saturated carbocycles. The Labute approximate surface area is 274 Å². The van der Waals surface area contributed by atoms with Gasteiger partial charge in [-0.05, 0) is 68.9 Å². The van der Waals surface area contributed by atoms with Crippen molar-refractivity contribution in [1.29, 1.82) is 0 Å². The second-order valence-corrected chi connectivity index (χ2v) is 13.0. The molecule has 10 heteroatoms. The lowest BCUT2D eigenvalue weighted by molar-refractivity contribution is -0.147. The third-order valence-corrected chi connectivity index (χ3v) is 9.91. The number of methoxy groups -OCH3 is 1. The van der Waals surface area contributed by atoms with Gasteiger partial charge in [0.1, 0.15) is 25.4 Å². The first-order valence-electron chi connectivity index (χ1n) is 17.2. The van der Waals surface area contributed by atoms with E-state index in [4.69, 9.17) is 9.57 Å². The summed E-state index contributed by atoms with van der Waals surface area (Å²) < 4.78 is 7.77. The van der Waals surface area contributed by atoms with Crippen molar-refractivity contribution in [2.45, 2.75) is 122 Å². The lowest BCUT2D eigenvalue weighted by Gasteiger charge is -2.41. The molecule has 0 spiro atoms. The van der Waals surface area contributed by atoms with Crippen LogP contribution in [-0.2, 0) is 25.5 Å². The molecule has 254 valence electrons. The fourth-order valence-corrected chi connectivity index (χ4v) is 6.79. The number of carbonyl (C=O) groups is 3. The van der Waals surface area contributed by atoms with E-state index in [2.05, 4.69) is 36.4 Å². The molecule has 2 saturated heterocycles. The topological polar surface area (TPSA) is 114 Å². The van der Waals surface area contributed by atoms with E-state index in [9.17, 15) is 14.4 Å². The van der Waals surface area contributed by atoms with Gasteiger partial charge in [0.25, 0.3) is 0 Å². The first-order valence-corrected chi connectivity index (χ1v) is 17.2. The maximum atomic E-state index is 14.3. The predicted molar refractivity (Wildman–Crippen MR) is 181 cm³/mol. The van der Waals surface area contributed by atoms with Crippen LogP contribution in [0.4, 0.5) is 0 Å². The third kappa shape index (κ3) is 8.50. The molecule has 2 aromatic rings. The molecular weight excluding hydrogens is 582 g/mol. The molecule has 46 heavy (non-hydrogen) atoms. The Balaban J connectivity index is 1.69. The number of rotatable bonds is 13. The zero-order chi connectivity index (χ0) is 33.2. The van der Waals surface area contributed by atoms with E-state index in [-0.39, 0.29) is 23.6 Å². The van der Waals surface area contributed by atoms with E-state index in [1.165, 1.54) is 5.57 Å². The van der Waals surface area contributed by atoms with Gasteiger partial charge in [0, 0.05) is 25.2 Å². The van der Waals surface area contributed by atoms with Gasteiger partial charge in [-0.2, -0.15) is 4.73 Å². The first kappa shape index (κ1) is 35.5. The Bertz CT molecular complexity index is 1340. The molecule has 10 nitrogen and oxygen atoms in total. The summed E-state index contributed by atoms with van der Waals surface area (Å²) in [5.74, 6) is -0.614. The van der Waals surface area contributed by atoms with Gasteiger partial charge in [0.2, 0.25) is 17.7 Å². The molecule has 2 fully saturated rings. The molecule has 2 aliphatic heterocycles. The van der Waals surface area contributed by atoms with Gasteiger partial charge >= 0.3 is 0 Å². The number of hydrogen-bond acceptors (Lipinski definition) is 6. The molecule has 0 aliphatic carbocycles. The molecule has 3 heterocycles. The van der Waals surface area contributed by atoms with Gasteiger partial charge in [-0.25, -0.2) is 0 Å². The number of benzene rings is 1. The Hall–Kier alpha value is -3.37. The van der Waals surface area contributed by atoms with Crippen LogP contribution in [0, 0.1) is 5.92 Å². The van der Waals surface area contributed by atoms with E-state index in [0.29, 0.717) is 25.8 Å². The minimum absolute atomic E-state index is 0.0259. The molecule has 4 rings (SSSR count). The predicted octanol–water partition coefficient (Wildman–Crippen LogP) is 4.50. The maximum Gasteiger partial charge on any atom is 0.243 e. The molecule has 2 unspecified atom stereocenters. The average molecular weight is 638 g/mol. The SMILES string of the molecule is C=C(CC)CCCCC[C@@H]1NC(=O)[C@H]2CCCCN2C(=O)[C@H](C(C)CC)NC(OC)[C@H](Cc2cn(OC)c3ccccc23)NC1=O. The summed E-state index contributed by atoms with van der Waals surface area (Å²) in [5.41, 5.74) is 3.12. The van der Waals surface area contributed by atoms with Gasteiger partial charge in [-0.15, -0.1) is 0 Å². The zero-order valence-electron chi connectivity index (χ0n) is 28.5. The van der Waals surface area contributed by atoms with Gasteiger partial charge in [-0.3, -0.25) is 19.7 Å². The molecule has 1 aromatic carbocycles. The Morgan fingerprint density at radius 3 is 2.54 bits per heavy atom. The second kappa shape index (κ2) is 17.0. The minimum Gasteiger partial charge on any atom is -0.417 e. The van der Waals surface area contributed by atoms with Crippen molar-refractivity contribution >= 4 is 28.6 Å². The number of fused-ring (bicyclic) bond motifs is 2. The number of unbranched alkanes of at least 4 members (excludes halogenated alkanes) is 2. The summed E-state index contributed by atoms with van der Waals surface area (Å²) in [6.07, 6.45) is 9.89. The minimum atomic E-state index is -0.731. The molecule has 3 amide bonds. The second-order valence-electron chi connectivity index (χ2n) is 13.0. The number of ether oxygens (including phenoxy) is 1. The van der Waals surface area contributed by atoms with E-state index in [1.807, 2.05) is 37.4 Å². The van der Waals surface area contributed by atoms with Crippen LogP contribution in [-0.4, -0.2) is 78.5 Å². The zero-order valence-corrected chi connectivity index (χ0v) is 28.5. The fourth-order valence-electron chi connectivity index (χ4n) is 6.79. The third-order valence-electron chi connectivity index (χ3n) is 9.91. The van der Waals surface area contributed by atoms with Crippen LogP contribution < -0.4 is 20.8 Å². The number of aromatic nitrogens is 1. The maximum absolute atomic E-state index is 14.3. The molecule has 0 bridgehead atoms. The molecule has 1 aromatic heterocycles. The summed E-state index contributed by atoms with van der Waals surface area (Å²) >= 11 is 0. The molecule has 6 atom stereocenters. The van der Waals surface area contributed by atoms with Gasteiger partial charge in [0.15, 0.2) is 0 Å². The number of carbonyl (C=O) groups excluding carboxylic acids is 3. The molecule has 0 radical (unpaired) electrons. The quantitative estimate of drug-likeness (QED) is 0.220. The first-order chi connectivity index (χ1) is 22.2. The van der Waals surface area contributed by atoms with Crippen molar-refractivity contribution in [3.05, 3.63) is 48.2 Å². The highest BCUT2D eigenvalue weighted by molar-refractivity contribution is 5.93. The van der Waals surface area contributed by atoms with Crippen LogP contribution in [0.15, 0.2) is 42.6 Å². The van der Waals surface area contributed by atoms with Crippen LogP contribution in [0.25, 0.3) is 10.9 Å². The summed E-state index contributed by atoms with van der Waals surface area (Å²) in [5, 5.41) is 10.9. The normalized spacial score (nSPS) is 25.2. The molecular formula is C36H55N5O5. The molecule has 3 N–H and O–H groups in total. The van der Waals surface area contributed by atoms with Gasteiger partial charge in [0.05, 0.1) is 17.6 Å². The van der Waals surface area contributed by atoms with Crippen LogP contribution in [0.3, 0.4) is 0 Å². The van der Waals surface area contributed by atoms with E-state index in [0.717, 1.165) is 67.8 Å². The number of piperidine rings is 1. The Morgan fingerprint density at radius 1 is 1.04 bits per heavy atom. The van der Waals surface area contributed by atoms with Crippen LogP contribution in [0.5, 0.6) is 0 Å². The van der Waals surface area contributed by atoms with Gasteiger partial charge < -0.3 is 25.1 Å². The highest BCUT2D eigenvalue weighted by Crippen LogP contribution is 2.25. The van der Waals surface area contributed by atoms with Crippen LogP contribution >= 0.6 is 0 Å². The smallest absolute Gasteiger partial charge is 0.243 e. The summed E-state index contributed by atoms with van der Waals surface area (Å²) in [6, 6.07) is 5.49. The van der Waals surface area contributed by atoms with Gasteiger partial charge in [-0.1, -0.05) is 70.4 Å². The number of hydrogen-bond donors (Lipinski definition) is 3.